The molecule has 3 nitrogen and oxygen atoms in total. The highest BCUT2D eigenvalue weighted by Crippen LogP contribution is 2.03. The molecule has 0 aliphatic rings. The van der Waals surface area contributed by atoms with Crippen LogP contribution in [0.5, 0.6) is 0 Å². The van der Waals surface area contributed by atoms with Crippen LogP contribution in [0.3, 0.4) is 0 Å². The average molecular weight is 138 g/mol. The largest absolute Gasteiger partial charge is 0.630 e. The number of nitrogens with zero attached hydrogens (tertiary/aromatic N) is 1. The van der Waals surface area contributed by atoms with Crippen LogP contribution in [-0.2, 0) is 0 Å². The Morgan fingerprint density at radius 1 is 1.30 bits per heavy atom. The monoisotopic (exact) mass is 138 g/mol. The number of hydrogen-bond donors (Lipinski definition) is 1. The number of aryl methyl sites for hydroxylation is 2. The van der Waals surface area contributed by atoms with Crippen LogP contribution in [-0.4, -0.2) is 4.98 Å². The maximum atomic E-state index is 10.3. The van der Waals surface area contributed by atoms with Crippen LogP contribution < -0.4 is 5.48 Å². The topological polar surface area (TPSA) is 52.6 Å². The lowest BCUT2D eigenvalue weighted by molar-refractivity contribution is -0.497. The molecule has 0 spiro atoms. The van der Waals surface area contributed by atoms with Gasteiger partial charge in [0.1, 0.15) is 5.69 Å². The zero-order valence-corrected chi connectivity index (χ0v) is 6.09. The highest BCUT2D eigenvalue weighted by atomic mass is 16.5. The summed E-state index contributed by atoms with van der Waals surface area (Å²) in [5.41, 5.74) is 3.32. The summed E-state index contributed by atoms with van der Waals surface area (Å²) in [6.45, 7) is 3.75. The van der Waals surface area contributed by atoms with Crippen LogP contribution in [0, 0.1) is 19.1 Å². The molecule has 0 atom stereocenters. The third kappa shape index (κ3) is 1.52. The molecule has 1 aromatic rings. The van der Waals surface area contributed by atoms with Gasteiger partial charge in [-0.2, -0.15) is 0 Å². The lowest BCUT2D eigenvalue weighted by atomic mass is 10.3. The van der Waals surface area contributed by atoms with E-state index < -0.39 is 0 Å². The van der Waals surface area contributed by atoms with Crippen molar-refractivity contribution in [2.45, 2.75) is 13.8 Å². The Morgan fingerprint density at radius 2 is 1.80 bits per heavy atom. The van der Waals surface area contributed by atoms with Crippen molar-refractivity contribution in [3.05, 3.63) is 28.7 Å². The van der Waals surface area contributed by atoms with Crippen molar-refractivity contribution < 1.29 is 5.48 Å². The van der Waals surface area contributed by atoms with Crippen LogP contribution in [0.1, 0.15) is 11.4 Å². The molecule has 0 saturated heterocycles. The maximum Gasteiger partial charge on any atom is 0.133 e. The fraction of sp³-hybridized carbons (Fsp3) is 0.286. The number of hydrogen-bond acceptors (Lipinski definition) is 2. The average Bonchev–Trinajstić information content (AvgIpc) is 1.85. The lowest BCUT2D eigenvalue weighted by Gasteiger charge is -2.02. The maximum absolute atomic E-state index is 10.3. The fourth-order valence-corrected chi connectivity index (χ4v) is 0.935. The summed E-state index contributed by atoms with van der Waals surface area (Å²) in [5, 5.41) is 10.3. The Labute approximate surface area is 59.7 Å². The third-order valence-corrected chi connectivity index (χ3v) is 1.24. The Balaban J connectivity index is 3.06. The van der Waals surface area contributed by atoms with Gasteiger partial charge in [0.2, 0.25) is 0 Å². The Hall–Kier alpha value is -0.930. The summed E-state index contributed by atoms with van der Waals surface area (Å²) >= 11 is 0. The van der Waals surface area contributed by atoms with E-state index in [1.54, 1.807) is 12.1 Å². The first-order chi connectivity index (χ1) is 4.72. The van der Waals surface area contributed by atoms with Crippen molar-refractivity contribution in [1.82, 2.24) is 4.98 Å². The van der Waals surface area contributed by atoms with Crippen LogP contribution >= 0.6 is 0 Å². The molecule has 0 aliphatic carbocycles. The van der Waals surface area contributed by atoms with Gasteiger partial charge >= 0.3 is 0 Å². The van der Waals surface area contributed by atoms with E-state index in [0.717, 1.165) is 16.9 Å². The quantitative estimate of drug-likeness (QED) is 0.571. The van der Waals surface area contributed by atoms with E-state index in [1.807, 2.05) is 13.8 Å². The van der Waals surface area contributed by atoms with Gasteiger partial charge in [-0.05, 0) is 13.8 Å². The van der Waals surface area contributed by atoms with Crippen molar-refractivity contribution in [2.75, 3.05) is 0 Å². The van der Waals surface area contributed by atoms with E-state index >= 15 is 0 Å². The molecular formula is C7H10N2O. The second kappa shape index (κ2) is 2.77. The van der Waals surface area contributed by atoms with Crippen molar-refractivity contribution >= 4 is 5.69 Å². The van der Waals surface area contributed by atoms with E-state index in [-0.39, 0.29) is 0 Å². The zero-order chi connectivity index (χ0) is 7.56. The Bertz CT molecular complexity index is 215. The molecule has 1 heterocycles. The van der Waals surface area contributed by atoms with Gasteiger partial charge in [0.25, 0.3) is 0 Å². The summed E-state index contributed by atoms with van der Waals surface area (Å²) in [7, 11) is 0. The SMILES string of the molecule is Cc1cc([NH2+][O-])cc(C)n1. The van der Waals surface area contributed by atoms with Gasteiger partial charge in [0.15, 0.2) is 0 Å². The van der Waals surface area contributed by atoms with Crippen LogP contribution in [0.2, 0.25) is 0 Å². The van der Waals surface area contributed by atoms with E-state index in [4.69, 9.17) is 0 Å². The molecule has 1 rings (SSSR count). The standard InChI is InChI=1S/C7H10N2O/c1-5-3-7(9-10)4-6(2)8-5/h3-4H,9H2,1-2H3. The van der Waals surface area contributed by atoms with Gasteiger partial charge in [-0.15, -0.1) is 0 Å². The molecule has 10 heavy (non-hydrogen) atoms. The van der Waals surface area contributed by atoms with Crippen LogP contribution in [0.15, 0.2) is 12.1 Å². The molecule has 0 unspecified atom stereocenters. The Morgan fingerprint density at radius 3 is 2.20 bits per heavy atom. The highest BCUT2D eigenvalue weighted by molar-refractivity contribution is 5.31. The number of rotatable bonds is 1. The molecule has 0 aliphatic heterocycles. The first-order valence-corrected chi connectivity index (χ1v) is 3.13. The minimum atomic E-state index is 0.699. The molecule has 2 N–H and O–H groups in total. The second-order valence-electron chi connectivity index (χ2n) is 2.30. The normalized spacial score (nSPS) is 9.90. The second-order valence-corrected chi connectivity index (χ2v) is 2.30. The molecule has 0 amide bonds. The summed E-state index contributed by atoms with van der Waals surface area (Å²) in [5.74, 6) is 0. The van der Waals surface area contributed by atoms with Gasteiger partial charge in [-0.1, -0.05) is 0 Å². The van der Waals surface area contributed by atoms with E-state index in [2.05, 4.69) is 4.98 Å². The van der Waals surface area contributed by atoms with Crippen LogP contribution in [0.25, 0.3) is 0 Å². The molecular weight excluding hydrogens is 128 g/mol. The van der Waals surface area contributed by atoms with Gasteiger partial charge in [-0.3, -0.25) is 4.98 Å². The summed E-state index contributed by atoms with van der Waals surface area (Å²) in [4.78, 5) is 4.12. The van der Waals surface area contributed by atoms with Gasteiger partial charge in [0, 0.05) is 23.5 Å². The molecule has 0 radical (unpaired) electrons. The summed E-state index contributed by atoms with van der Waals surface area (Å²) in [6, 6.07) is 3.53. The predicted molar refractivity (Wildman–Crippen MR) is 38.7 cm³/mol. The van der Waals surface area contributed by atoms with E-state index in [0.29, 0.717) is 5.69 Å². The molecule has 3 heteroatoms. The number of aromatic nitrogens is 1. The lowest BCUT2D eigenvalue weighted by Crippen LogP contribution is -2.70. The molecule has 1 aromatic heterocycles. The van der Waals surface area contributed by atoms with Gasteiger partial charge in [-0.25, -0.2) is 0 Å². The van der Waals surface area contributed by atoms with Crippen molar-refractivity contribution in [3.8, 4) is 0 Å². The minimum absolute atomic E-state index is 0.699. The minimum Gasteiger partial charge on any atom is -0.630 e. The zero-order valence-electron chi connectivity index (χ0n) is 6.09. The van der Waals surface area contributed by atoms with Gasteiger partial charge < -0.3 is 10.7 Å². The molecule has 0 saturated carbocycles. The van der Waals surface area contributed by atoms with Crippen LogP contribution in [0.4, 0.5) is 5.69 Å². The van der Waals surface area contributed by atoms with Crippen molar-refractivity contribution in [3.63, 3.8) is 0 Å². The molecule has 54 valence electrons. The first-order valence-electron chi connectivity index (χ1n) is 3.13. The summed E-state index contributed by atoms with van der Waals surface area (Å²) < 4.78 is 0. The number of nitrogens with two attached hydrogens (primary N) is 1. The number of quaternary nitrogens is 1. The Kier molecular flexibility index (Phi) is 1.99. The molecule has 0 bridgehead atoms. The highest BCUT2D eigenvalue weighted by Gasteiger charge is 1.94. The predicted octanol–water partition coefficient (Wildman–Crippen LogP) is 0.391. The van der Waals surface area contributed by atoms with E-state index in [9.17, 15) is 5.21 Å². The van der Waals surface area contributed by atoms with Gasteiger partial charge in [0.05, 0.1) is 0 Å². The molecule has 0 fully saturated rings. The summed E-state index contributed by atoms with van der Waals surface area (Å²) in [6.07, 6.45) is 0. The fourth-order valence-electron chi connectivity index (χ4n) is 0.935. The smallest absolute Gasteiger partial charge is 0.133 e. The van der Waals surface area contributed by atoms with Crippen molar-refractivity contribution in [1.29, 1.82) is 0 Å². The van der Waals surface area contributed by atoms with Crippen molar-refractivity contribution in [2.24, 2.45) is 0 Å². The molecule has 0 aromatic carbocycles. The van der Waals surface area contributed by atoms with E-state index in [1.165, 1.54) is 0 Å². The third-order valence-electron chi connectivity index (χ3n) is 1.24. The number of pyridine rings is 1. The first kappa shape index (κ1) is 7.18.